The largest absolute Gasteiger partial charge is 0.386 e. The second-order valence-corrected chi connectivity index (χ2v) is 9.50. The predicted molar refractivity (Wildman–Crippen MR) is 139 cm³/mol. The lowest BCUT2D eigenvalue weighted by molar-refractivity contribution is -0.124. The van der Waals surface area contributed by atoms with Gasteiger partial charge in [0.25, 0.3) is 0 Å². The number of unbranched alkanes of at least 4 members (excludes halogenated alkanes) is 1. The average molecular weight is 484 g/mol. The van der Waals surface area contributed by atoms with Crippen molar-refractivity contribution in [1.29, 1.82) is 0 Å². The fraction of sp³-hybridized carbons (Fsp3) is 0.556. The Hall–Kier alpha value is -2.84. The van der Waals surface area contributed by atoms with Crippen molar-refractivity contribution < 1.29 is 14.3 Å². The number of benzene rings is 1. The molecule has 1 heterocycles. The maximum Gasteiger partial charge on any atom is 0.240 e. The monoisotopic (exact) mass is 483 g/mol. The molecule has 0 aromatic heterocycles. The Labute approximate surface area is 209 Å². The molecule has 192 valence electrons. The summed E-state index contributed by atoms with van der Waals surface area (Å²) in [5.41, 5.74) is 8.98. The lowest BCUT2D eigenvalue weighted by Crippen LogP contribution is -2.49. The molecule has 1 aliphatic carbocycles. The highest BCUT2D eigenvalue weighted by Gasteiger charge is 2.35. The number of carbonyl (C=O) groups is 2. The van der Waals surface area contributed by atoms with E-state index in [9.17, 15) is 9.59 Å². The van der Waals surface area contributed by atoms with Gasteiger partial charge in [-0.3, -0.25) is 14.9 Å². The Morgan fingerprint density at radius 1 is 1.20 bits per heavy atom. The van der Waals surface area contributed by atoms with Gasteiger partial charge in [0.1, 0.15) is 12.3 Å². The Morgan fingerprint density at radius 3 is 2.54 bits per heavy atom. The second kappa shape index (κ2) is 13.3. The van der Waals surface area contributed by atoms with Gasteiger partial charge in [0.2, 0.25) is 11.8 Å². The summed E-state index contributed by atoms with van der Waals surface area (Å²) in [5, 5.41) is 12.5. The van der Waals surface area contributed by atoms with Crippen molar-refractivity contribution in [3.8, 4) is 0 Å². The quantitative estimate of drug-likeness (QED) is 0.230. The van der Waals surface area contributed by atoms with Crippen molar-refractivity contribution in [2.45, 2.75) is 90.1 Å². The smallest absolute Gasteiger partial charge is 0.240 e. The van der Waals surface area contributed by atoms with Crippen LogP contribution < -0.4 is 27.0 Å². The van der Waals surface area contributed by atoms with E-state index in [1.807, 2.05) is 51.1 Å². The number of nitrogens with two attached hydrogens (primary N) is 1. The fourth-order valence-corrected chi connectivity index (χ4v) is 4.32. The van der Waals surface area contributed by atoms with Gasteiger partial charge in [-0.15, -0.1) is 0 Å². The molecule has 1 saturated carbocycles. The van der Waals surface area contributed by atoms with Crippen LogP contribution in [-0.2, 0) is 20.7 Å². The summed E-state index contributed by atoms with van der Waals surface area (Å²) in [6.07, 6.45) is 10.0. The van der Waals surface area contributed by atoms with Gasteiger partial charge in [-0.25, -0.2) is 0 Å². The number of nitrogens with one attached hydrogen (secondary N) is 4. The average Bonchev–Trinajstić information content (AvgIpc) is 3.14. The van der Waals surface area contributed by atoms with Gasteiger partial charge in [-0.2, -0.15) is 0 Å². The number of hydrogen-bond acceptors (Lipinski definition) is 6. The Balaban J connectivity index is 1.49. The number of anilines is 1. The fourth-order valence-electron chi connectivity index (χ4n) is 4.32. The van der Waals surface area contributed by atoms with Crippen LogP contribution in [0.2, 0.25) is 0 Å². The van der Waals surface area contributed by atoms with Gasteiger partial charge in [0, 0.05) is 18.7 Å². The van der Waals surface area contributed by atoms with Crippen LogP contribution in [0.3, 0.4) is 0 Å². The first-order valence-corrected chi connectivity index (χ1v) is 12.8. The number of hydrogen-bond donors (Lipinski definition) is 5. The number of allylic oxidation sites excluding steroid dienone is 2. The molecule has 3 rings (SSSR count). The summed E-state index contributed by atoms with van der Waals surface area (Å²) < 4.78 is 5.67. The number of ether oxygens (including phenoxy) is 1. The zero-order valence-corrected chi connectivity index (χ0v) is 21.2. The SMILES string of the molecule is C/C=C(\N)NCCCCC(=O)Nc1ccc(CC(C=C2CCC2)NC(=O)C2NC(C)OC2C)cc1. The van der Waals surface area contributed by atoms with Gasteiger partial charge in [0.05, 0.1) is 18.0 Å². The summed E-state index contributed by atoms with van der Waals surface area (Å²) in [7, 11) is 0. The molecule has 4 unspecified atom stereocenters. The summed E-state index contributed by atoms with van der Waals surface area (Å²) in [4.78, 5) is 25.1. The first-order valence-electron chi connectivity index (χ1n) is 12.8. The second-order valence-electron chi connectivity index (χ2n) is 9.50. The maximum absolute atomic E-state index is 12.9. The molecular weight excluding hydrogens is 442 g/mol. The molecule has 1 aromatic rings. The third-order valence-electron chi connectivity index (χ3n) is 6.51. The number of rotatable bonds is 12. The molecule has 0 spiro atoms. The van der Waals surface area contributed by atoms with Crippen LogP contribution in [-0.4, -0.2) is 42.8 Å². The predicted octanol–water partition coefficient (Wildman–Crippen LogP) is 3.07. The lowest BCUT2D eigenvalue weighted by atomic mass is 9.89. The van der Waals surface area contributed by atoms with E-state index in [2.05, 4.69) is 27.3 Å². The van der Waals surface area contributed by atoms with Gasteiger partial charge in [-0.05, 0) is 83.1 Å². The van der Waals surface area contributed by atoms with E-state index in [1.54, 1.807) is 0 Å². The first-order chi connectivity index (χ1) is 16.8. The summed E-state index contributed by atoms with van der Waals surface area (Å²) in [5.74, 6) is 0.635. The highest BCUT2D eigenvalue weighted by Crippen LogP contribution is 2.26. The molecule has 2 fully saturated rings. The molecule has 1 saturated heterocycles. The van der Waals surface area contributed by atoms with Crippen LogP contribution in [0.4, 0.5) is 5.69 Å². The van der Waals surface area contributed by atoms with Crippen molar-refractivity contribution >= 4 is 17.5 Å². The third kappa shape index (κ3) is 8.71. The highest BCUT2D eigenvalue weighted by molar-refractivity contribution is 5.90. The molecule has 1 aliphatic heterocycles. The van der Waals surface area contributed by atoms with Gasteiger partial charge < -0.3 is 26.4 Å². The van der Waals surface area contributed by atoms with Crippen LogP contribution in [0.5, 0.6) is 0 Å². The van der Waals surface area contributed by atoms with Crippen LogP contribution in [0.15, 0.2) is 47.8 Å². The molecular formula is C27H41N5O3. The Kier molecular flexibility index (Phi) is 10.2. The summed E-state index contributed by atoms with van der Waals surface area (Å²) in [6.45, 7) is 6.47. The lowest BCUT2D eigenvalue weighted by Gasteiger charge is -2.24. The number of carbonyl (C=O) groups excluding carboxylic acids is 2. The zero-order valence-electron chi connectivity index (χ0n) is 21.2. The Morgan fingerprint density at radius 2 is 1.94 bits per heavy atom. The maximum atomic E-state index is 12.9. The summed E-state index contributed by atoms with van der Waals surface area (Å²) in [6, 6.07) is 7.45. The van der Waals surface area contributed by atoms with Crippen LogP contribution in [0, 0.1) is 0 Å². The minimum atomic E-state index is -0.346. The molecule has 8 heteroatoms. The standard InChI is InChI=1S/C27H41N5O3/c1-4-24(28)29-15-6-5-10-25(33)31-22-13-11-21(12-14-22)17-23(16-20-8-7-9-20)32-27(34)26-18(2)35-19(3)30-26/h4,11-14,16,18-19,23,26,29-30H,5-10,15,17,28H2,1-3H3,(H,31,33)(H,32,34)/b24-4+. The molecule has 0 radical (unpaired) electrons. The van der Waals surface area contributed by atoms with Gasteiger partial charge in [0.15, 0.2) is 0 Å². The van der Waals surface area contributed by atoms with E-state index >= 15 is 0 Å². The molecule has 8 nitrogen and oxygen atoms in total. The Bertz CT molecular complexity index is 906. The van der Waals surface area contributed by atoms with Crippen LogP contribution >= 0.6 is 0 Å². The van der Waals surface area contributed by atoms with E-state index in [0.29, 0.717) is 18.7 Å². The van der Waals surface area contributed by atoms with E-state index in [0.717, 1.165) is 43.5 Å². The molecule has 0 bridgehead atoms. The first kappa shape index (κ1) is 26.8. The molecule has 6 N–H and O–H groups in total. The van der Waals surface area contributed by atoms with Crippen molar-refractivity contribution in [3.05, 3.63) is 53.4 Å². The van der Waals surface area contributed by atoms with Crippen LogP contribution in [0.25, 0.3) is 0 Å². The van der Waals surface area contributed by atoms with E-state index in [4.69, 9.17) is 10.5 Å². The normalized spacial score (nSPS) is 22.8. The van der Waals surface area contributed by atoms with Crippen LogP contribution in [0.1, 0.15) is 64.9 Å². The minimum absolute atomic E-state index is 0.00578. The molecule has 1 aromatic carbocycles. The van der Waals surface area contributed by atoms with Crippen molar-refractivity contribution in [2.24, 2.45) is 5.73 Å². The molecule has 2 aliphatic rings. The molecule has 2 amide bonds. The van der Waals surface area contributed by atoms with E-state index in [1.165, 1.54) is 12.0 Å². The third-order valence-corrected chi connectivity index (χ3v) is 6.51. The van der Waals surface area contributed by atoms with Crippen molar-refractivity contribution in [1.82, 2.24) is 16.0 Å². The van der Waals surface area contributed by atoms with Gasteiger partial charge >= 0.3 is 0 Å². The van der Waals surface area contributed by atoms with E-state index in [-0.39, 0.29) is 36.2 Å². The number of amides is 2. The minimum Gasteiger partial charge on any atom is -0.386 e. The van der Waals surface area contributed by atoms with Crippen molar-refractivity contribution in [3.63, 3.8) is 0 Å². The highest BCUT2D eigenvalue weighted by atomic mass is 16.5. The van der Waals surface area contributed by atoms with Crippen molar-refractivity contribution in [2.75, 3.05) is 11.9 Å². The van der Waals surface area contributed by atoms with Gasteiger partial charge in [-0.1, -0.05) is 23.8 Å². The summed E-state index contributed by atoms with van der Waals surface area (Å²) >= 11 is 0. The molecule has 4 atom stereocenters. The van der Waals surface area contributed by atoms with E-state index < -0.39 is 0 Å². The topological polar surface area (TPSA) is 118 Å². The molecule has 35 heavy (non-hydrogen) atoms. The zero-order chi connectivity index (χ0) is 25.2.